The Labute approximate surface area is 122 Å². The summed E-state index contributed by atoms with van der Waals surface area (Å²) >= 11 is 0. The van der Waals surface area contributed by atoms with Gasteiger partial charge < -0.3 is 10.2 Å². The molecule has 0 amide bonds. The second-order valence-corrected chi connectivity index (χ2v) is 5.91. The van der Waals surface area contributed by atoms with Gasteiger partial charge in [0.25, 0.3) is 0 Å². The normalized spacial score (nSPS) is 11.8. The highest BCUT2D eigenvalue weighted by atomic mass is 15.2. The van der Waals surface area contributed by atoms with Crippen molar-refractivity contribution in [3.05, 3.63) is 36.0 Å². The maximum absolute atomic E-state index is 4.87. The van der Waals surface area contributed by atoms with E-state index >= 15 is 0 Å². The number of hydrogen-bond acceptors (Lipinski definition) is 3. The first-order valence-corrected chi connectivity index (χ1v) is 7.26. The van der Waals surface area contributed by atoms with Gasteiger partial charge in [-0.25, -0.2) is 4.98 Å². The molecule has 0 spiro atoms. The summed E-state index contributed by atoms with van der Waals surface area (Å²) in [6.45, 7) is 7.52. The molecule has 3 nitrogen and oxygen atoms in total. The van der Waals surface area contributed by atoms with Crippen LogP contribution in [-0.2, 0) is 6.54 Å². The van der Waals surface area contributed by atoms with Crippen LogP contribution in [0.5, 0.6) is 0 Å². The molecule has 0 saturated heterocycles. The molecular weight excluding hydrogens is 246 g/mol. The average Bonchev–Trinajstić information content (AvgIpc) is 2.46. The van der Waals surface area contributed by atoms with Crippen LogP contribution in [0.25, 0.3) is 10.8 Å². The lowest BCUT2D eigenvalue weighted by molar-refractivity contribution is 0.468. The van der Waals surface area contributed by atoms with Crippen LogP contribution < -0.4 is 10.2 Å². The quantitative estimate of drug-likeness (QED) is 0.901. The number of anilines is 1. The molecule has 0 aliphatic carbocycles. The summed E-state index contributed by atoms with van der Waals surface area (Å²) in [6.07, 6.45) is 1.08. The van der Waals surface area contributed by atoms with Crippen molar-refractivity contribution >= 4 is 16.6 Å². The van der Waals surface area contributed by atoms with Gasteiger partial charge in [-0.2, -0.15) is 0 Å². The molecule has 1 heterocycles. The molecule has 1 aromatic heterocycles. The monoisotopic (exact) mass is 271 g/mol. The summed E-state index contributed by atoms with van der Waals surface area (Å²) in [4.78, 5) is 7.17. The van der Waals surface area contributed by atoms with Crippen molar-refractivity contribution in [1.82, 2.24) is 10.3 Å². The minimum absolute atomic E-state index is 0.0913. The molecule has 0 fully saturated rings. The molecule has 2 aromatic rings. The Bertz CT molecular complexity index is 590. The number of aromatic nitrogens is 1. The Kier molecular flexibility index (Phi) is 4.29. The van der Waals surface area contributed by atoms with Gasteiger partial charge in [0.1, 0.15) is 5.82 Å². The van der Waals surface area contributed by atoms with Crippen molar-refractivity contribution in [2.75, 3.05) is 19.0 Å². The summed E-state index contributed by atoms with van der Waals surface area (Å²) in [7, 11) is 4.09. The zero-order valence-electron chi connectivity index (χ0n) is 13.2. The van der Waals surface area contributed by atoms with E-state index in [-0.39, 0.29) is 5.54 Å². The molecule has 2 rings (SSSR count). The summed E-state index contributed by atoms with van der Waals surface area (Å²) in [5, 5.41) is 5.66. The first-order chi connectivity index (χ1) is 9.49. The van der Waals surface area contributed by atoms with E-state index in [1.165, 1.54) is 10.8 Å². The summed E-state index contributed by atoms with van der Waals surface area (Å²) < 4.78 is 0. The molecule has 0 aliphatic heterocycles. The van der Waals surface area contributed by atoms with E-state index in [0.29, 0.717) is 0 Å². The zero-order valence-corrected chi connectivity index (χ0v) is 13.2. The average molecular weight is 271 g/mol. The van der Waals surface area contributed by atoms with Gasteiger partial charge >= 0.3 is 0 Å². The lowest BCUT2D eigenvalue weighted by Crippen LogP contribution is -2.41. The fraction of sp³-hybridized carbons (Fsp3) is 0.471. The highest BCUT2D eigenvalue weighted by Gasteiger charge is 2.24. The van der Waals surface area contributed by atoms with Crippen LogP contribution in [0.3, 0.4) is 0 Å². The number of pyridine rings is 1. The van der Waals surface area contributed by atoms with Crippen LogP contribution in [-0.4, -0.2) is 24.6 Å². The van der Waals surface area contributed by atoms with Crippen LogP contribution in [0, 0.1) is 0 Å². The van der Waals surface area contributed by atoms with Crippen molar-refractivity contribution in [3.8, 4) is 0 Å². The van der Waals surface area contributed by atoms with Crippen LogP contribution in [0.1, 0.15) is 32.9 Å². The third kappa shape index (κ3) is 2.78. The smallest absolute Gasteiger partial charge is 0.136 e. The van der Waals surface area contributed by atoms with Gasteiger partial charge in [0.2, 0.25) is 0 Å². The van der Waals surface area contributed by atoms with E-state index in [9.17, 15) is 0 Å². The van der Waals surface area contributed by atoms with Gasteiger partial charge in [-0.1, -0.05) is 31.2 Å². The third-order valence-electron chi connectivity index (χ3n) is 4.22. The third-order valence-corrected chi connectivity index (χ3v) is 4.22. The van der Waals surface area contributed by atoms with Crippen LogP contribution in [0.2, 0.25) is 0 Å². The Morgan fingerprint density at radius 3 is 2.60 bits per heavy atom. The predicted octanol–water partition coefficient (Wildman–Crippen LogP) is 3.58. The maximum atomic E-state index is 4.87. The van der Waals surface area contributed by atoms with Gasteiger partial charge in [0, 0.05) is 24.5 Å². The molecule has 1 aromatic carbocycles. The number of nitrogens with zero attached hydrogens (tertiary/aromatic N) is 2. The predicted molar refractivity (Wildman–Crippen MR) is 87.3 cm³/mol. The second-order valence-electron chi connectivity index (χ2n) is 5.91. The fourth-order valence-electron chi connectivity index (χ4n) is 2.29. The lowest BCUT2D eigenvalue weighted by atomic mass is 9.99. The molecule has 3 heteroatoms. The molecule has 0 atom stereocenters. The van der Waals surface area contributed by atoms with E-state index in [0.717, 1.165) is 24.5 Å². The van der Waals surface area contributed by atoms with E-state index in [2.05, 4.69) is 68.4 Å². The van der Waals surface area contributed by atoms with Gasteiger partial charge in [-0.15, -0.1) is 0 Å². The molecule has 0 saturated carbocycles. The topological polar surface area (TPSA) is 28.2 Å². The van der Waals surface area contributed by atoms with E-state index in [1.807, 2.05) is 7.05 Å². The van der Waals surface area contributed by atoms with Crippen molar-refractivity contribution < 1.29 is 0 Å². The number of benzene rings is 1. The fourth-order valence-corrected chi connectivity index (χ4v) is 2.29. The Morgan fingerprint density at radius 2 is 1.95 bits per heavy atom. The number of rotatable bonds is 5. The molecule has 20 heavy (non-hydrogen) atoms. The van der Waals surface area contributed by atoms with Crippen LogP contribution in [0.4, 0.5) is 5.82 Å². The van der Waals surface area contributed by atoms with E-state index < -0.39 is 0 Å². The van der Waals surface area contributed by atoms with E-state index in [4.69, 9.17) is 4.98 Å². The van der Waals surface area contributed by atoms with Crippen molar-refractivity contribution in [2.45, 2.75) is 39.3 Å². The first kappa shape index (κ1) is 14.8. The number of hydrogen-bond donors (Lipinski definition) is 1. The Balaban J connectivity index is 2.60. The molecule has 0 unspecified atom stereocenters. The lowest BCUT2D eigenvalue weighted by Gasteiger charge is -2.36. The molecule has 108 valence electrons. The standard InChI is InChI=1S/C17H25N3/c1-6-17(2,3)20(5)16-15-10-8-7-9-13(15)11-14(19-16)12-18-4/h7-11,18H,6,12H2,1-5H3. The minimum Gasteiger partial charge on any atom is -0.354 e. The van der Waals surface area contributed by atoms with Gasteiger partial charge in [-0.3, -0.25) is 0 Å². The Morgan fingerprint density at radius 1 is 1.25 bits per heavy atom. The minimum atomic E-state index is 0.0913. The molecule has 0 bridgehead atoms. The summed E-state index contributed by atoms with van der Waals surface area (Å²) in [5.74, 6) is 1.07. The van der Waals surface area contributed by atoms with Crippen LogP contribution >= 0.6 is 0 Å². The maximum Gasteiger partial charge on any atom is 0.136 e. The van der Waals surface area contributed by atoms with Crippen LogP contribution in [0.15, 0.2) is 30.3 Å². The van der Waals surface area contributed by atoms with Crippen molar-refractivity contribution in [3.63, 3.8) is 0 Å². The SMILES string of the molecule is CCC(C)(C)N(C)c1nc(CNC)cc2ccccc12. The highest BCUT2D eigenvalue weighted by Crippen LogP contribution is 2.30. The Hall–Kier alpha value is -1.61. The van der Waals surface area contributed by atoms with Crippen molar-refractivity contribution in [2.24, 2.45) is 0 Å². The molecule has 0 radical (unpaired) electrons. The second kappa shape index (κ2) is 5.80. The first-order valence-electron chi connectivity index (χ1n) is 7.26. The summed E-state index contributed by atoms with van der Waals surface area (Å²) in [6, 6.07) is 10.6. The summed E-state index contributed by atoms with van der Waals surface area (Å²) in [5.41, 5.74) is 1.17. The van der Waals surface area contributed by atoms with Gasteiger partial charge in [0.15, 0.2) is 0 Å². The van der Waals surface area contributed by atoms with Gasteiger partial charge in [0.05, 0.1) is 5.69 Å². The number of nitrogens with one attached hydrogen (secondary N) is 1. The zero-order chi connectivity index (χ0) is 14.8. The van der Waals surface area contributed by atoms with E-state index in [1.54, 1.807) is 0 Å². The molecule has 0 aliphatic rings. The highest BCUT2D eigenvalue weighted by molar-refractivity contribution is 5.92. The van der Waals surface area contributed by atoms with Gasteiger partial charge in [-0.05, 0) is 38.8 Å². The molecule has 1 N–H and O–H groups in total. The molecular formula is C17H25N3. The number of fused-ring (bicyclic) bond motifs is 1. The van der Waals surface area contributed by atoms with Crippen molar-refractivity contribution in [1.29, 1.82) is 0 Å². The largest absolute Gasteiger partial charge is 0.354 e.